The Kier molecular flexibility index (Phi) is 3.88. The Balaban J connectivity index is 1.91. The van der Waals surface area contributed by atoms with Crippen LogP contribution >= 0.6 is 0 Å². The van der Waals surface area contributed by atoms with Gasteiger partial charge in [-0.2, -0.15) is 0 Å². The molecule has 1 aliphatic heterocycles. The number of nitrogens with zero attached hydrogens (tertiary/aromatic N) is 1. The molecule has 0 saturated carbocycles. The van der Waals surface area contributed by atoms with E-state index < -0.39 is 12.0 Å². The number of carbonyl (C=O) groups excluding carboxylic acids is 2. The van der Waals surface area contributed by atoms with Crippen LogP contribution in [0, 0.1) is 0 Å². The first-order chi connectivity index (χ1) is 11.1. The number of hydrogen-bond acceptors (Lipinski definition) is 6. The van der Waals surface area contributed by atoms with Crippen molar-refractivity contribution in [3.05, 3.63) is 30.0 Å². The Morgan fingerprint density at radius 3 is 3.00 bits per heavy atom. The van der Waals surface area contributed by atoms with E-state index in [9.17, 15) is 9.59 Å². The molecule has 2 amide bonds. The summed E-state index contributed by atoms with van der Waals surface area (Å²) in [7, 11) is 1.45. The lowest BCUT2D eigenvalue weighted by Gasteiger charge is -2.13. The van der Waals surface area contributed by atoms with E-state index in [0.717, 1.165) is 5.39 Å². The number of methoxy groups -OCH3 is 1. The number of cyclic esters (lactones) is 1. The number of alkyl carbamates (subject to hydrolysis) is 1. The van der Waals surface area contributed by atoms with E-state index in [1.807, 2.05) is 0 Å². The van der Waals surface area contributed by atoms with E-state index in [1.165, 1.54) is 7.11 Å². The molecule has 0 spiro atoms. The number of ether oxygens (including phenoxy) is 3. The van der Waals surface area contributed by atoms with Crippen molar-refractivity contribution >= 4 is 22.8 Å². The summed E-state index contributed by atoms with van der Waals surface area (Å²) in [6.07, 6.45) is 1.11. The van der Waals surface area contributed by atoms with Crippen LogP contribution in [0.4, 0.5) is 4.79 Å². The van der Waals surface area contributed by atoms with Crippen LogP contribution in [0.2, 0.25) is 0 Å². The quantitative estimate of drug-likeness (QED) is 0.844. The Bertz CT molecular complexity index is 777. The molecule has 3 N–H and O–H groups in total. The van der Waals surface area contributed by atoms with Crippen LogP contribution in [-0.2, 0) is 4.74 Å². The van der Waals surface area contributed by atoms with Crippen molar-refractivity contribution in [3.8, 4) is 11.6 Å². The Morgan fingerprint density at radius 2 is 2.35 bits per heavy atom. The van der Waals surface area contributed by atoms with E-state index >= 15 is 0 Å². The molecule has 1 saturated heterocycles. The van der Waals surface area contributed by atoms with Gasteiger partial charge in [0.05, 0.1) is 12.7 Å². The molecular weight excluding hydrogens is 302 g/mol. The largest absolute Gasteiger partial charge is 0.496 e. The van der Waals surface area contributed by atoms with Gasteiger partial charge in [-0.3, -0.25) is 4.79 Å². The predicted octanol–water partition coefficient (Wildman–Crippen LogP) is 0.829. The average molecular weight is 317 g/mol. The molecule has 1 fully saturated rings. The maximum Gasteiger partial charge on any atom is 0.407 e. The van der Waals surface area contributed by atoms with E-state index in [4.69, 9.17) is 19.9 Å². The molecule has 8 nitrogen and oxygen atoms in total. The molecule has 1 aliphatic rings. The maximum atomic E-state index is 11.5. The summed E-state index contributed by atoms with van der Waals surface area (Å²) in [5, 5.41) is 4.05. The molecule has 1 atom stereocenters. The second kappa shape index (κ2) is 5.99. The first kappa shape index (κ1) is 14.9. The highest BCUT2D eigenvalue weighted by Gasteiger charge is 2.23. The number of nitrogens with one attached hydrogen (secondary N) is 1. The highest BCUT2D eigenvalue weighted by Crippen LogP contribution is 2.30. The smallest absolute Gasteiger partial charge is 0.407 e. The second-order valence-electron chi connectivity index (χ2n) is 5.00. The number of pyridine rings is 1. The van der Waals surface area contributed by atoms with Crippen LogP contribution in [0.5, 0.6) is 11.6 Å². The Hall–Kier alpha value is -3.03. The molecule has 0 bridgehead atoms. The molecule has 8 heteroatoms. The number of carbonyl (C=O) groups is 2. The minimum absolute atomic E-state index is 0.220. The van der Waals surface area contributed by atoms with E-state index in [2.05, 4.69) is 10.3 Å². The summed E-state index contributed by atoms with van der Waals surface area (Å²) >= 11 is 0. The standard InChI is InChI=1S/C15H15N3O5/c1-21-12-5-10-8(4-11(12)13(16)19)2-3-17-14(10)22-6-9-7-23-15(20)18-9/h2-5,9H,6-7H2,1H3,(H2,16,19)(H,18,20)/t9-/m1/s1. The summed E-state index contributed by atoms with van der Waals surface area (Å²) in [5.74, 6) is 0.146. The summed E-state index contributed by atoms with van der Waals surface area (Å²) < 4.78 is 15.7. The van der Waals surface area contributed by atoms with Crippen molar-refractivity contribution < 1.29 is 23.8 Å². The van der Waals surface area contributed by atoms with Gasteiger partial charge in [0, 0.05) is 11.6 Å². The molecule has 2 aromatic rings. The van der Waals surface area contributed by atoms with Gasteiger partial charge in [0.2, 0.25) is 5.88 Å². The van der Waals surface area contributed by atoms with Gasteiger partial charge in [0.25, 0.3) is 5.91 Å². The Morgan fingerprint density at radius 1 is 1.52 bits per heavy atom. The number of hydrogen-bond donors (Lipinski definition) is 2. The number of aromatic nitrogens is 1. The van der Waals surface area contributed by atoms with Crippen LogP contribution < -0.4 is 20.5 Å². The SMILES string of the molecule is COc1cc2c(OC[C@@H]3COC(=O)N3)nccc2cc1C(N)=O. The second-order valence-corrected chi connectivity index (χ2v) is 5.00. The van der Waals surface area contributed by atoms with Gasteiger partial charge >= 0.3 is 6.09 Å². The van der Waals surface area contributed by atoms with E-state index in [0.29, 0.717) is 17.0 Å². The zero-order chi connectivity index (χ0) is 16.4. The first-order valence-corrected chi connectivity index (χ1v) is 6.91. The summed E-state index contributed by atoms with van der Waals surface area (Å²) in [6, 6.07) is 4.80. The first-order valence-electron chi connectivity index (χ1n) is 6.91. The van der Waals surface area contributed by atoms with Gasteiger partial charge < -0.3 is 25.3 Å². The van der Waals surface area contributed by atoms with Crippen LogP contribution in [0.1, 0.15) is 10.4 Å². The number of primary amides is 1. The minimum Gasteiger partial charge on any atom is -0.496 e. The third-order valence-electron chi connectivity index (χ3n) is 3.47. The average Bonchev–Trinajstić information content (AvgIpc) is 2.96. The van der Waals surface area contributed by atoms with Gasteiger partial charge in [-0.15, -0.1) is 0 Å². The molecule has 23 heavy (non-hydrogen) atoms. The van der Waals surface area contributed by atoms with Crippen molar-refractivity contribution in [1.29, 1.82) is 0 Å². The molecule has 0 radical (unpaired) electrons. The van der Waals surface area contributed by atoms with Crippen LogP contribution in [0.25, 0.3) is 10.8 Å². The van der Waals surface area contributed by atoms with Gasteiger partial charge in [-0.05, 0) is 23.6 Å². The normalized spacial score (nSPS) is 16.7. The van der Waals surface area contributed by atoms with Crippen molar-refractivity contribution in [3.63, 3.8) is 0 Å². The molecule has 1 aromatic heterocycles. The third kappa shape index (κ3) is 2.96. The van der Waals surface area contributed by atoms with Gasteiger partial charge in [0.15, 0.2) is 0 Å². The highest BCUT2D eigenvalue weighted by molar-refractivity contribution is 6.01. The number of amides is 2. The zero-order valence-electron chi connectivity index (χ0n) is 12.4. The molecular formula is C15H15N3O5. The predicted molar refractivity (Wildman–Crippen MR) is 80.6 cm³/mol. The van der Waals surface area contributed by atoms with Crippen molar-refractivity contribution in [2.24, 2.45) is 5.73 Å². The topological polar surface area (TPSA) is 113 Å². The summed E-state index contributed by atoms with van der Waals surface area (Å²) in [5.41, 5.74) is 5.64. The molecule has 0 unspecified atom stereocenters. The van der Waals surface area contributed by atoms with Crippen molar-refractivity contribution in [2.75, 3.05) is 20.3 Å². The van der Waals surface area contributed by atoms with Crippen LogP contribution in [0.3, 0.4) is 0 Å². The van der Waals surface area contributed by atoms with Crippen molar-refractivity contribution in [1.82, 2.24) is 10.3 Å². The maximum absolute atomic E-state index is 11.5. The van der Waals surface area contributed by atoms with Crippen LogP contribution in [-0.4, -0.2) is 43.3 Å². The van der Waals surface area contributed by atoms with Gasteiger partial charge in [-0.25, -0.2) is 9.78 Å². The van der Waals surface area contributed by atoms with Gasteiger partial charge in [-0.1, -0.05) is 0 Å². The fourth-order valence-corrected chi connectivity index (χ4v) is 2.35. The number of rotatable bonds is 5. The van der Waals surface area contributed by atoms with Crippen molar-refractivity contribution in [2.45, 2.75) is 6.04 Å². The lowest BCUT2D eigenvalue weighted by Crippen LogP contribution is -2.32. The monoisotopic (exact) mass is 317 g/mol. The fourth-order valence-electron chi connectivity index (χ4n) is 2.35. The summed E-state index contributed by atoms with van der Waals surface area (Å²) in [6.45, 7) is 0.469. The number of fused-ring (bicyclic) bond motifs is 1. The highest BCUT2D eigenvalue weighted by atomic mass is 16.6. The molecule has 0 aliphatic carbocycles. The molecule has 3 rings (SSSR count). The summed E-state index contributed by atoms with van der Waals surface area (Å²) in [4.78, 5) is 26.7. The zero-order valence-corrected chi connectivity index (χ0v) is 12.4. The molecule has 2 heterocycles. The Labute approximate surface area is 131 Å². The lowest BCUT2D eigenvalue weighted by atomic mass is 10.1. The van der Waals surface area contributed by atoms with E-state index in [-0.39, 0.29) is 24.8 Å². The minimum atomic E-state index is -0.575. The number of nitrogens with two attached hydrogens (primary N) is 1. The van der Waals surface area contributed by atoms with Gasteiger partial charge in [0.1, 0.15) is 25.0 Å². The van der Waals surface area contributed by atoms with E-state index in [1.54, 1.807) is 24.4 Å². The van der Waals surface area contributed by atoms with Crippen LogP contribution in [0.15, 0.2) is 24.4 Å². The fraction of sp³-hybridized carbons (Fsp3) is 0.267. The number of benzene rings is 1. The molecule has 1 aromatic carbocycles. The molecule has 120 valence electrons. The lowest BCUT2D eigenvalue weighted by molar-refractivity contribution is 0.0997. The third-order valence-corrected chi connectivity index (χ3v) is 3.47.